The molecule has 0 saturated carbocycles. The van der Waals surface area contributed by atoms with Crippen molar-refractivity contribution in [2.24, 2.45) is 0 Å². The van der Waals surface area contributed by atoms with Crippen LogP contribution in [-0.4, -0.2) is 24.1 Å². The summed E-state index contributed by atoms with van der Waals surface area (Å²) >= 11 is 0. The Balaban J connectivity index is 2.53. The van der Waals surface area contributed by atoms with Gasteiger partial charge in [-0.15, -0.1) is 0 Å². The third-order valence-corrected chi connectivity index (χ3v) is 2.57. The molecule has 5 nitrogen and oxygen atoms in total. The van der Waals surface area contributed by atoms with E-state index < -0.39 is 41.7 Å². The Morgan fingerprint density at radius 3 is 2.25 bits per heavy atom. The predicted molar refractivity (Wildman–Crippen MR) is 77.5 cm³/mol. The SMILES string of the molecule is CC(C)(C)OC(=O)NCC(=O)NCc1cc(F)cc(C(F)(F)F)c1. The summed E-state index contributed by atoms with van der Waals surface area (Å²) in [5, 5.41) is 4.47. The van der Waals surface area contributed by atoms with Gasteiger partial charge in [0, 0.05) is 6.54 Å². The fraction of sp³-hybridized carbons (Fsp3) is 0.467. The van der Waals surface area contributed by atoms with E-state index in [-0.39, 0.29) is 12.1 Å². The Morgan fingerprint density at radius 1 is 1.08 bits per heavy atom. The van der Waals surface area contributed by atoms with E-state index in [4.69, 9.17) is 4.74 Å². The molecule has 0 spiro atoms. The van der Waals surface area contributed by atoms with E-state index in [0.717, 1.165) is 12.1 Å². The number of benzene rings is 1. The molecule has 0 atom stereocenters. The second-order valence-corrected chi connectivity index (χ2v) is 5.98. The summed E-state index contributed by atoms with van der Waals surface area (Å²) in [6, 6.07) is 2.00. The molecular weight excluding hydrogens is 332 g/mol. The molecule has 134 valence electrons. The molecular formula is C15H18F4N2O3. The summed E-state index contributed by atoms with van der Waals surface area (Å²) in [5.74, 6) is -1.71. The third-order valence-electron chi connectivity index (χ3n) is 2.57. The minimum atomic E-state index is -4.68. The first-order chi connectivity index (χ1) is 10.9. The zero-order valence-corrected chi connectivity index (χ0v) is 13.4. The molecule has 1 rings (SSSR count). The van der Waals surface area contributed by atoms with E-state index in [1.807, 2.05) is 0 Å². The van der Waals surface area contributed by atoms with Crippen molar-refractivity contribution in [2.45, 2.75) is 39.1 Å². The summed E-state index contributed by atoms with van der Waals surface area (Å²) < 4.78 is 55.9. The Labute approximate surface area is 136 Å². The van der Waals surface area contributed by atoms with Crippen molar-refractivity contribution >= 4 is 12.0 Å². The molecule has 0 unspecified atom stereocenters. The summed E-state index contributed by atoms with van der Waals surface area (Å²) in [7, 11) is 0. The summed E-state index contributed by atoms with van der Waals surface area (Å²) in [5.41, 5.74) is -1.91. The minimum absolute atomic E-state index is 0.0482. The smallest absolute Gasteiger partial charge is 0.416 e. The molecule has 9 heteroatoms. The number of carbonyl (C=O) groups excluding carboxylic acids is 2. The summed E-state index contributed by atoms with van der Waals surface area (Å²) in [6.45, 7) is 4.21. The highest BCUT2D eigenvalue weighted by molar-refractivity contribution is 5.82. The van der Waals surface area contributed by atoms with Gasteiger partial charge in [-0.3, -0.25) is 4.79 Å². The molecule has 0 radical (unpaired) electrons. The van der Waals surface area contributed by atoms with Crippen LogP contribution in [0.3, 0.4) is 0 Å². The largest absolute Gasteiger partial charge is 0.444 e. The van der Waals surface area contributed by atoms with Crippen LogP contribution in [0.25, 0.3) is 0 Å². The van der Waals surface area contributed by atoms with Crippen molar-refractivity contribution in [1.82, 2.24) is 10.6 Å². The molecule has 2 N–H and O–H groups in total. The van der Waals surface area contributed by atoms with E-state index >= 15 is 0 Å². The van der Waals surface area contributed by atoms with Crippen LogP contribution in [0.4, 0.5) is 22.4 Å². The van der Waals surface area contributed by atoms with Crippen molar-refractivity contribution in [3.63, 3.8) is 0 Å². The van der Waals surface area contributed by atoms with Gasteiger partial charge < -0.3 is 15.4 Å². The van der Waals surface area contributed by atoms with Gasteiger partial charge in [-0.1, -0.05) is 0 Å². The van der Waals surface area contributed by atoms with Crippen molar-refractivity contribution in [2.75, 3.05) is 6.54 Å². The summed E-state index contributed by atoms with van der Waals surface area (Å²) in [4.78, 5) is 22.9. The predicted octanol–water partition coefficient (Wildman–Crippen LogP) is 2.99. The molecule has 0 aromatic heterocycles. The molecule has 0 bridgehead atoms. The molecule has 0 aliphatic heterocycles. The van der Waals surface area contributed by atoms with Gasteiger partial charge in [0.1, 0.15) is 18.0 Å². The first kappa shape index (κ1) is 19.7. The van der Waals surface area contributed by atoms with Gasteiger partial charge in [0.25, 0.3) is 0 Å². The number of alkyl halides is 3. The first-order valence-electron chi connectivity index (χ1n) is 6.97. The number of alkyl carbamates (subject to hydrolysis) is 1. The highest BCUT2D eigenvalue weighted by Crippen LogP contribution is 2.30. The molecule has 1 aromatic carbocycles. The number of ether oxygens (including phenoxy) is 1. The Morgan fingerprint density at radius 2 is 1.71 bits per heavy atom. The number of nitrogens with one attached hydrogen (secondary N) is 2. The van der Waals surface area contributed by atoms with Gasteiger partial charge in [-0.2, -0.15) is 13.2 Å². The number of amides is 2. The van der Waals surface area contributed by atoms with Gasteiger partial charge in [0.2, 0.25) is 5.91 Å². The van der Waals surface area contributed by atoms with Crippen molar-refractivity contribution in [3.05, 3.63) is 35.1 Å². The average Bonchev–Trinajstić information content (AvgIpc) is 2.39. The maximum atomic E-state index is 13.2. The van der Waals surface area contributed by atoms with Gasteiger partial charge in [0.15, 0.2) is 0 Å². The van der Waals surface area contributed by atoms with Crippen LogP contribution < -0.4 is 10.6 Å². The van der Waals surface area contributed by atoms with E-state index in [2.05, 4.69) is 10.6 Å². The van der Waals surface area contributed by atoms with Crippen LogP contribution >= 0.6 is 0 Å². The van der Waals surface area contributed by atoms with E-state index in [1.165, 1.54) is 0 Å². The second kappa shape index (κ2) is 7.50. The van der Waals surface area contributed by atoms with Crippen molar-refractivity contribution < 1.29 is 31.9 Å². The molecule has 0 fully saturated rings. The van der Waals surface area contributed by atoms with Crippen LogP contribution in [0.5, 0.6) is 0 Å². The molecule has 0 saturated heterocycles. The van der Waals surface area contributed by atoms with Crippen LogP contribution in [0.1, 0.15) is 31.9 Å². The second-order valence-electron chi connectivity index (χ2n) is 5.98. The fourth-order valence-electron chi connectivity index (χ4n) is 1.65. The van der Waals surface area contributed by atoms with Crippen LogP contribution in [-0.2, 0) is 22.3 Å². The Kier molecular flexibility index (Phi) is 6.16. The summed E-state index contributed by atoms with van der Waals surface area (Å²) in [6.07, 6.45) is -5.48. The zero-order chi connectivity index (χ0) is 18.5. The Hall–Kier alpha value is -2.32. The number of rotatable bonds is 4. The molecule has 0 heterocycles. The van der Waals surface area contributed by atoms with E-state index in [0.29, 0.717) is 6.07 Å². The minimum Gasteiger partial charge on any atom is -0.444 e. The molecule has 1 aromatic rings. The fourth-order valence-corrected chi connectivity index (χ4v) is 1.65. The highest BCUT2D eigenvalue weighted by atomic mass is 19.4. The highest BCUT2D eigenvalue weighted by Gasteiger charge is 2.31. The molecule has 24 heavy (non-hydrogen) atoms. The van der Waals surface area contributed by atoms with Gasteiger partial charge in [0.05, 0.1) is 5.56 Å². The lowest BCUT2D eigenvalue weighted by Gasteiger charge is -2.19. The topological polar surface area (TPSA) is 67.4 Å². The van der Waals surface area contributed by atoms with Crippen LogP contribution in [0, 0.1) is 5.82 Å². The van der Waals surface area contributed by atoms with Gasteiger partial charge >= 0.3 is 12.3 Å². The number of hydrogen-bond donors (Lipinski definition) is 2. The van der Waals surface area contributed by atoms with Crippen molar-refractivity contribution in [3.8, 4) is 0 Å². The maximum Gasteiger partial charge on any atom is 0.416 e. The third kappa shape index (κ3) is 7.30. The molecule has 0 aliphatic carbocycles. The Bertz CT molecular complexity index is 610. The molecule has 2 amide bonds. The molecule has 0 aliphatic rings. The first-order valence-corrected chi connectivity index (χ1v) is 6.97. The number of halogens is 4. The van der Waals surface area contributed by atoms with Gasteiger partial charge in [-0.25, -0.2) is 9.18 Å². The van der Waals surface area contributed by atoms with E-state index in [1.54, 1.807) is 20.8 Å². The van der Waals surface area contributed by atoms with Crippen LogP contribution in [0.2, 0.25) is 0 Å². The monoisotopic (exact) mass is 350 g/mol. The normalized spacial score (nSPS) is 11.8. The average molecular weight is 350 g/mol. The lowest BCUT2D eigenvalue weighted by atomic mass is 10.1. The lowest BCUT2D eigenvalue weighted by Crippen LogP contribution is -2.39. The van der Waals surface area contributed by atoms with E-state index in [9.17, 15) is 27.2 Å². The van der Waals surface area contributed by atoms with Crippen molar-refractivity contribution in [1.29, 1.82) is 0 Å². The quantitative estimate of drug-likeness (QED) is 0.821. The number of hydrogen-bond acceptors (Lipinski definition) is 3. The van der Waals surface area contributed by atoms with Gasteiger partial charge in [-0.05, 0) is 44.5 Å². The standard InChI is InChI=1S/C15H18F4N2O3/c1-14(2,3)24-13(23)21-8-12(22)20-7-9-4-10(15(17,18)19)6-11(16)5-9/h4-6H,7-8H2,1-3H3,(H,20,22)(H,21,23). The van der Waals surface area contributed by atoms with Crippen LogP contribution in [0.15, 0.2) is 18.2 Å². The lowest BCUT2D eigenvalue weighted by molar-refractivity contribution is -0.137. The zero-order valence-electron chi connectivity index (χ0n) is 13.4. The number of carbonyl (C=O) groups is 2. The maximum absolute atomic E-state index is 13.2.